The number of amides is 1. The molecule has 1 atom stereocenters. The number of hydrogen-bond acceptors (Lipinski definition) is 4. The van der Waals surface area contributed by atoms with Gasteiger partial charge in [0.15, 0.2) is 0 Å². The number of hydrogen-bond donors (Lipinski definition) is 1. The van der Waals surface area contributed by atoms with E-state index >= 15 is 0 Å². The molecule has 0 spiro atoms. The van der Waals surface area contributed by atoms with Crippen molar-refractivity contribution in [3.8, 4) is 0 Å². The summed E-state index contributed by atoms with van der Waals surface area (Å²) in [5.74, 6) is 2.45. The van der Waals surface area contributed by atoms with Crippen molar-refractivity contribution in [2.75, 3.05) is 25.1 Å². The van der Waals surface area contributed by atoms with Crippen molar-refractivity contribution >= 4 is 29.0 Å². The first-order valence-corrected chi connectivity index (χ1v) is 8.22. The molecule has 100 valence electrons. The molecule has 0 aromatic carbocycles. The van der Waals surface area contributed by atoms with Gasteiger partial charge in [-0.15, -0.1) is 11.3 Å². The molecule has 1 fully saturated rings. The third-order valence-electron chi connectivity index (χ3n) is 3.03. The number of aryl methyl sites for hydroxylation is 1. The Bertz CT molecular complexity index is 399. The largest absolute Gasteiger partial charge is 0.341 e. The summed E-state index contributed by atoms with van der Waals surface area (Å²) >= 11 is 3.70. The van der Waals surface area contributed by atoms with E-state index in [0.717, 1.165) is 24.6 Å². The van der Waals surface area contributed by atoms with Crippen LogP contribution in [0, 0.1) is 6.92 Å². The van der Waals surface area contributed by atoms with Crippen LogP contribution >= 0.6 is 23.1 Å². The fourth-order valence-electron chi connectivity index (χ4n) is 2.01. The van der Waals surface area contributed by atoms with Crippen LogP contribution in [0.3, 0.4) is 0 Å². The van der Waals surface area contributed by atoms with Crippen LogP contribution in [-0.4, -0.2) is 41.9 Å². The zero-order valence-corrected chi connectivity index (χ0v) is 12.6. The molecule has 1 aromatic heterocycles. The Morgan fingerprint density at radius 3 is 3.00 bits per heavy atom. The molecule has 1 aromatic rings. The maximum atomic E-state index is 12.1. The van der Waals surface area contributed by atoms with Crippen LogP contribution < -0.4 is 5.32 Å². The Hall–Kier alpha value is -0.520. The molecule has 1 N–H and O–H groups in total. The number of carbonyl (C=O) groups excluding carboxylic acids is 1. The second-order valence-electron chi connectivity index (χ2n) is 4.69. The fourth-order valence-corrected chi connectivity index (χ4v) is 3.90. The molecule has 18 heavy (non-hydrogen) atoms. The molecule has 1 aliphatic heterocycles. The topological polar surface area (TPSA) is 32.3 Å². The highest BCUT2D eigenvalue weighted by Crippen LogP contribution is 2.17. The minimum absolute atomic E-state index is 0.237. The van der Waals surface area contributed by atoms with Crippen LogP contribution in [0.15, 0.2) is 12.1 Å². The van der Waals surface area contributed by atoms with Crippen LogP contribution in [-0.2, 0) is 11.3 Å². The summed E-state index contributed by atoms with van der Waals surface area (Å²) < 4.78 is 0. The molecular weight excluding hydrogens is 264 g/mol. The molecule has 0 radical (unpaired) electrons. The molecule has 2 heterocycles. The molecule has 2 rings (SSSR count). The highest BCUT2D eigenvalue weighted by atomic mass is 32.2. The van der Waals surface area contributed by atoms with Gasteiger partial charge in [0.25, 0.3) is 0 Å². The monoisotopic (exact) mass is 284 g/mol. The first kappa shape index (κ1) is 13.9. The van der Waals surface area contributed by atoms with Crippen molar-refractivity contribution < 1.29 is 4.79 Å². The number of nitrogens with zero attached hydrogens (tertiary/aromatic N) is 1. The quantitative estimate of drug-likeness (QED) is 0.919. The van der Waals surface area contributed by atoms with Crippen molar-refractivity contribution in [1.82, 2.24) is 10.2 Å². The van der Waals surface area contributed by atoms with Gasteiger partial charge in [0.1, 0.15) is 0 Å². The third kappa shape index (κ3) is 4.00. The minimum atomic E-state index is 0.237. The number of thiophene rings is 1. The van der Waals surface area contributed by atoms with Crippen LogP contribution in [0.5, 0.6) is 0 Å². The average Bonchev–Trinajstić information content (AvgIpc) is 2.76. The predicted molar refractivity (Wildman–Crippen MR) is 79.3 cm³/mol. The van der Waals surface area contributed by atoms with Gasteiger partial charge in [-0.25, -0.2) is 0 Å². The van der Waals surface area contributed by atoms with E-state index in [9.17, 15) is 4.79 Å². The summed E-state index contributed by atoms with van der Waals surface area (Å²) in [6.45, 7) is 3.85. The number of nitrogens with one attached hydrogen (secondary N) is 1. The Labute approximate surface area is 117 Å². The Morgan fingerprint density at radius 2 is 2.39 bits per heavy atom. The molecule has 1 amide bonds. The normalized spacial score (nSPS) is 19.8. The highest BCUT2D eigenvalue weighted by molar-refractivity contribution is 7.99. The van der Waals surface area contributed by atoms with Crippen molar-refractivity contribution in [2.24, 2.45) is 0 Å². The van der Waals surface area contributed by atoms with Crippen LogP contribution in [0.4, 0.5) is 0 Å². The summed E-state index contributed by atoms with van der Waals surface area (Å²) in [5, 5.41) is 3.41. The maximum Gasteiger partial charge on any atom is 0.224 e. The second kappa shape index (κ2) is 6.59. The summed E-state index contributed by atoms with van der Waals surface area (Å²) in [6.07, 6.45) is 0.619. The predicted octanol–water partition coefficient (Wildman–Crippen LogP) is 2.11. The van der Waals surface area contributed by atoms with E-state index in [1.54, 1.807) is 11.3 Å². The van der Waals surface area contributed by atoms with Gasteiger partial charge in [-0.2, -0.15) is 11.8 Å². The van der Waals surface area contributed by atoms with Crippen molar-refractivity contribution in [3.05, 3.63) is 21.9 Å². The van der Waals surface area contributed by atoms with Gasteiger partial charge < -0.3 is 10.2 Å². The first-order valence-electron chi connectivity index (χ1n) is 6.25. The van der Waals surface area contributed by atoms with Gasteiger partial charge in [0.2, 0.25) is 5.91 Å². The van der Waals surface area contributed by atoms with Gasteiger partial charge in [-0.05, 0) is 19.1 Å². The molecule has 0 bridgehead atoms. The summed E-state index contributed by atoms with van der Waals surface area (Å²) in [6, 6.07) is 4.57. The van der Waals surface area contributed by atoms with E-state index in [4.69, 9.17) is 0 Å². The van der Waals surface area contributed by atoms with Gasteiger partial charge in [0, 0.05) is 47.3 Å². The van der Waals surface area contributed by atoms with Crippen LogP contribution in [0.1, 0.15) is 16.2 Å². The van der Waals surface area contributed by atoms with Crippen LogP contribution in [0.2, 0.25) is 0 Å². The zero-order valence-electron chi connectivity index (χ0n) is 10.9. The van der Waals surface area contributed by atoms with E-state index in [2.05, 4.69) is 24.4 Å². The van der Waals surface area contributed by atoms with Crippen molar-refractivity contribution in [2.45, 2.75) is 25.9 Å². The van der Waals surface area contributed by atoms with Crippen molar-refractivity contribution in [3.63, 3.8) is 0 Å². The van der Waals surface area contributed by atoms with E-state index < -0.39 is 0 Å². The molecule has 1 unspecified atom stereocenters. The lowest BCUT2D eigenvalue weighted by Crippen LogP contribution is -2.41. The molecule has 3 nitrogen and oxygen atoms in total. The third-order valence-corrected chi connectivity index (χ3v) is 5.15. The molecule has 1 aliphatic rings. The first-order chi connectivity index (χ1) is 8.65. The second-order valence-corrected chi connectivity index (χ2v) is 7.21. The van der Waals surface area contributed by atoms with E-state index in [0.29, 0.717) is 12.5 Å². The highest BCUT2D eigenvalue weighted by Gasteiger charge is 2.19. The Morgan fingerprint density at radius 1 is 1.56 bits per heavy atom. The SMILES string of the molecule is Cc1ccc(CN(C)C(=O)CC2CSCCN2)s1. The Kier molecular flexibility index (Phi) is 5.09. The number of thioether (sulfide) groups is 1. The summed E-state index contributed by atoms with van der Waals surface area (Å²) in [5.41, 5.74) is 0. The molecule has 1 saturated heterocycles. The van der Waals surface area contributed by atoms with Crippen molar-refractivity contribution in [1.29, 1.82) is 0 Å². The van der Waals surface area contributed by atoms with E-state index in [1.807, 2.05) is 23.7 Å². The van der Waals surface area contributed by atoms with Gasteiger partial charge in [0.05, 0.1) is 6.54 Å². The van der Waals surface area contributed by atoms with Gasteiger partial charge in [-0.3, -0.25) is 4.79 Å². The van der Waals surface area contributed by atoms with E-state index in [-0.39, 0.29) is 5.91 Å². The fraction of sp³-hybridized carbons (Fsp3) is 0.615. The lowest BCUT2D eigenvalue weighted by Gasteiger charge is -2.25. The summed E-state index contributed by atoms with van der Waals surface area (Å²) in [4.78, 5) is 16.5. The summed E-state index contributed by atoms with van der Waals surface area (Å²) in [7, 11) is 1.90. The lowest BCUT2D eigenvalue weighted by atomic mass is 10.2. The minimum Gasteiger partial charge on any atom is -0.341 e. The standard InChI is InChI=1S/C13H20N2OS2/c1-10-3-4-12(18-10)8-15(2)13(16)7-11-9-17-6-5-14-11/h3-4,11,14H,5-9H2,1-2H3. The Balaban J connectivity index is 1.80. The smallest absolute Gasteiger partial charge is 0.224 e. The van der Waals surface area contributed by atoms with Gasteiger partial charge in [-0.1, -0.05) is 0 Å². The molecule has 0 aliphatic carbocycles. The molecule has 5 heteroatoms. The van der Waals surface area contributed by atoms with E-state index in [1.165, 1.54) is 9.75 Å². The number of carbonyl (C=O) groups is 1. The average molecular weight is 284 g/mol. The zero-order chi connectivity index (χ0) is 13.0. The van der Waals surface area contributed by atoms with Crippen LogP contribution in [0.25, 0.3) is 0 Å². The lowest BCUT2D eigenvalue weighted by molar-refractivity contribution is -0.130. The number of rotatable bonds is 4. The van der Waals surface area contributed by atoms with Gasteiger partial charge >= 0.3 is 0 Å². The molecule has 0 saturated carbocycles. The maximum absolute atomic E-state index is 12.1. The molecular formula is C13H20N2OS2.